The molecule has 1 amide bonds. The van der Waals surface area contributed by atoms with E-state index < -0.39 is 27.8 Å². The first-order valence-corrected chi connectivity index (χ1v) is 11.3. The van der Waals surface area contributed by atoms with Crippen LogP contribution < -0.4 is 14.4 Å². The van der Waals surface area contributed by atoms with E-state index in [1.165, 1.54) is 24.3 Å². The van der Waals surface area contributed by atoms with Crippen molar-refractivity contribution >= 4 is 21.6 Å². The highest BCUT2D eigenvalue weighted by molar-refractivity contribution is 7.92. The molecule has 0 fully saturated rings. The summed E-state index contributed by atoms with van der Waals surface area (Å²) < 4.78 is 45.0. The van der Waals surface area contributed by atoms with Crippen LogP contribution in [0.3, 0.4) is 0 Å². The van der Waals surface area contributed by atoms with E-state index in [0.29, 0.717) is 13.0 Å². The van der Waals surface area contributed by atoms with Crippen molar-refractivity contribution in [2.24, 2.45) is 0 Å². The maximum atomic E-state index is 14.2. The lowest BCUT2D eigenvalue weighted by Gasteiger charge is -2.30. The fraction of sp³-hybridized carbons (Fsp3) is 0.381. The van der Waals surface area contributed by atoms with Crippen molar-refractivity contribution in [2.75, 3.05) is 24.2 Å². The summed E-state index contributed by atoms with van der Waals surface area (Å²) in [5.74, 6) is -0.375. The van der Waals surface area contributed by atoms with Crippen LogP contribution in [0.15, 0.2) is 48.5 Å². The number of ether oxygens (including phenoxy) is 1. The van der Waals surface area contributed by atoms with E-state index in [4.69, 9.17) is 4.74 Å². The van der Waals surface area contributed by atoms with Crippen molar-refractivity contribution in [2.45, 2.75) is 32.2 Å². The molecule has 1 N–H and O–H groups in total. The first-order valence-electron chi connectivity index (χ1n) is 9.42. The second kappa shape index (κ2) is 10.2. The zero-order chi connectivity index (χ0) is 21.4. The summed E-state index contributed by atoms with van der Waals surface area (Å²) in [6, 6.07) is 12.2. The largest absolute Gasteiger partial charge is 0.497 e. The highest BCUT2D eigenvalue weighted by atomic mass is 32.2. The summed E-state index contributed by atoms with van der Waals surface area (Å²) in [5, 5.41) is 2.78. The van der Waals surface area contributed by atoms with Crippen LogP contribution in [0, 0.1) is 5.82 Å². The molecule has 0 aliphatic heterocycles. The lowest BCUT2D eigenvalue weighted by molar-refractivity contribution is -0.122. The number of methoxy groups -OCH3 is 1. The lowest BCUT2D eigenvalue weighted by atomic mass is 10.1. The Morgan fingerprint density at radius 1 is 1.21 bits per heavy atom. The van der Waals surface area contributed by atoms with Crippen molar-refractivity contribution in [3.05, 3.63) is 59.9 Å². The van der Waals surface area contributed by atoms with E-state index in [-0.39, 0.29) is 12.1 Å². The first-order chi connectivity index (χ1) is 13.8. The molecule has 2 rings (SSSR count). The van der Waals surface area contributed by atoms with Crippen LogP contribution in [-0.4, -0.2) is 40.3 Å². The normalized spacial score (nSPS) is 12.3. The van der Waals surface area contributed by atoms with Gasteiger partial charge in [0, 0.05) is 6.54 Å². The zero-order valence-electron chi connectivity index (χ0n) is 16.9. The average Bonchev–Trinajstić information content (AvgIpc) is 2.69. The number of hydrogen-bond donors (Lipinski definition) is 1. The molecule has 2 aromatic rings. The van der Waals surface area contributed by atoms with E-state index in [1.54, 1.807) is 14.0 Å². The molecule has 2 aromatic carbocycles. The van der Waals surface area contributed by atoms with E-state index >= 15 is 0 Å². The summed E-state index contributed by atoms with van der Waals surface area (Å²) in [6.45, 7) is 2.07. The Balaban J connectivity index is 2.05. The van der Waals surface area contributed by atoms with Crippen molar-refractivity contribution in [3.63, 3.8) is 0 Å². The number of anilines is 1. The van der Waals surface area contributed by atoms with Gasteiger partial charge in [0.15, 0.2) is 0 Å². The summed E-state index contributed by atoms with van der Waals surface area (Å²) in [6.07, 6.45) is 2.59. The monoisotopic (exact) mass is 422 g/mol. The molecule has 0 spiro atoms. The van der Waals surface area contributed by atoms with Gasteiger partial charge in [-0.15, -0.1) is 0 Å². The third kappa shape index (κ3) is 6.19. The quantitative estimate of drug-likeness (QED) is 0.597. The molecule has 1 atom stereocenters. The molecule has 0 saturated carbocycles. The molecule has 6 nitrogen and oxygen atoms in total. The fourth-order valence-corrected chi connectivity index (χ4v) is 4.33. The molecule has 8 heteroatoms. The van der Waals surface area contributed by atoms with Crippen LogP contribution in [0.4, 0.5) is 10.1 Å². The van der Waals surface area contributed by atoms with Gasteiger partial charge in [-0.3, -0.25) is 9.10 Å². The van der Waals surface area contributed by atoms with E-state index in [9.17, 15) is 17.6 Å². The highest BCUT2D eigenvalue weighted by Gasteiger charge is 2.32. The van der Waals surface area contributed by atoms with Gasteiger partial charge in [0.25, 0.3) is 0 Å². The molecular formula is C21H27FN2O4S. The Morgan fingerprint density at radius 2 is 1.93 bits per heavy atom. The molecule has 0 aliphatic rings. The molecule has 158 valence electrons. The van der Waals surface area contributed by atoms with Crippen molar-refractivity contribution in [1.29, 1.82) is 0 Å². The molecule has 0 radical (unpaired) electrons. The topological polar surface area (TPSA) is 75.7 Å². The smallest absolute Gasteiger partial charge is 0.243 e. The number of aryl methyl sites for hydroxylation is 1. The minimum absolute atomic E-state index is 0.131. The van der Waals surface area contributed by atoms with Crippen molar-refractivity contribution in [1.82, 2.24) is 5.32 Å². The van der Waals surface area contributed by atoms with Crippen LogP contribution in [0.5, 0.6) is 5.75 Å². The molecular weight excluding hydrogens is 395 g/mol. The predicted molar refractivity (Wildman–Crippen MR) is 112 cm³/mol. The van der Waals surface area contributed by atoms with Crippen LogP contribution in [0.1, 0.15) is 25.3 Å². The van der Waals surface area contributed by atoms with Crippen molar-refractivity contribution < 1.29 is 22.3 Å². The van der Waals surface area contributed by atoms with Gasteiger partial charge in [0.2, 0.25) is 15.9 Å². The number of nitrogens with one attached hydrogen (secondary N) is 1. The fourth-order valence-electron chi connectivity index (χ4n) is 3.12. The van der Waals surface area contributed by atoms with Crippen LogP contribution in [-0.2, 0) is 21.2 Å². The van der Waals surface area contributed by atoms with Gasteiger partial charge in [-0.05, 0) is 49.1 Å². The Morgan fingerprint density at radius 3 is 2.55 bits per heavy atom. The SMILES string of the molecule is CCC(C(=O)NCCCc1cccc(OC)c1)N(c1ccccc1F)S(C)(=O)=O. The number of hydrogen-bond acceptors (Lipinski definition) is 4. The minimum atomic E-state index is -3.86. The number of carbonyl (C=O) groups excluding carboxylic acids is 1. The predicted octanol–water partition coefficient (Wildman–Crippen LogP) is 3.13. The molecule has 0 bridgehead atoms. The average molecular weight is 423 g/mol. The number of halogens is 1. The standard InChI is InChI=1S/C21H27FN2O4S/c1-4-19(24(29(3,26)27)20-13-6-5-12-18(20)22)21(25)23-14-8-10-16-9-7-11-17(15-16)28-2/h5-7,9,11-13,15,19H,4,8,10,14H2,1-3H3,(H,23,25). The highest BCUT2D eigenvalue weighted by Crippen LogP contribution is 2.25. The first kappa shape index (κ1) is 22.7. The van der Waals surface area contributed by atoms with Crippen LogP contribution >= 0.6 is 0 Å². The summed E-state index contributed by atoms with van der Waals surface area (Å²) >= 11 is 0. The van der Waals surface area contributed by atoms with Gasteiger partial charge in [-0.25, -0.2) is 12.8 Å². The van der Waals surface area contributed by atoms with Gasteiger partial charge in [-0.2, -0.15) is 0 Å². The Labute approximate surface area is 171 Å². The molecule has 1 unspecified atom stereocenters. The van der Waals surface area contributed by atoms with E-state index in [1.807, 2.05) is 24.3 Å². The summed E-state index contributed by atoms with van der Waals surface area (Å²) in [7, 11) is -2.25. The minimum Gasteiger partial charge on any atom is -0.497 e. The number of carbonyl (C=O) groups is 1. The number of para-hydroxylation sites is 1. The van der Waals surface area contributed by atoms with Gasteiger partial charge in [0.05, 0.1) is 19.1 Å². The van der Waals surface area contributed by atoms with Gasteiger partial charge < -0.3 is 10.1 Å². The maximum absolute atomic E-state index is 14.2. The second-order valence-corrected chi connectivity index (χ2v) is 8.54. The summed E-state index contributed by atoms with van der Waals surface area (Å²) in [4.78, 5) is 12.7. The second-order valence-electron chi connectivity index (χ2n) is 6.68. The number of sulfonamides is 1. The Hall–Kier alpha value is -2.61. The van der Waals surface area contributed by atoms with E-state index in [0.717, 1.165) is 28.3 Å². The van der Waals surface area contributed by atoms with Gasteiger partial charge in [-0.1, -0.05) is 31.2 Å². The molecule has 0 saturated heterocycles. The number of amides is 1. The van der Waals surface area contributed by atoms with E-state index in [2.05, 4.69) is 5.32 Å². The number of nitrogens with zero attached hydrogens (tertiary/aromatic N) is 1. The third-order valence-corrected chi connectivity index (χ3v) is 5.66. The number of rotatable bonds is 10. The van der Waals surface area contributed by atoms with Crippen LogP contribution in [0.2, 0.25) is 0 Å². The van der Waals surface area contributed by atoms with Gasteiger partial charge >= 0.3 is 0 Å². The molecule has 0 aliphatic carbocycles. The van der Waals surface area contributed by atoms with Crippen LogP contribution in [0.25, 0.3) is 0 Å². The molecule has 0 aromatic heterocycles. The zero-order valence-corrected chi connectivity index (χ0v) is 17.7. The Kier molecular flexibility index (Phi) is 8.01. The lowest BCUT2D eigenvalue weighted by Crippen LogP contribution is -2.49. The summed E-state index contributed by atoms with van der Waals surface area (Å²) in [5.41, 5.74) is 0.947. The maximum Gasteiger partial charge on any atom is 0.243 e. The van der Waals surface area contributed by atoms with Crippen molar-refractivity contribution in [3.8, 4) is 5.75 Å². The molecule has 29 heavy (non-hydrogen) atoms. The number of benzene rings is 2. The third-order valence-electron chi connectivity index (χ3n) is 4.50. The van der Waals surface area contributed by atoms with Gasteiger partial charge in [0.1, 0.15) is 17.6 Å². The molecule has 0 heterocycles. The Bertz CT molecular complexity index is 934.